The van der Waals surface area contributed by atoms with Gasteiger partial charge in [0, 0.05) is 23.7 Å². The summed E-state index contributed by atoms with van der Waals surface area (Å²) >= 11 is 0. The number of esters is 1. The Kier molecular flexibility index (Phi) is 4.53. The lowest BCUT2D eigenvalue weighted by molar-refractivity contribution is -0.226. The van der Waals surface area contributed by atoms with Crippen LogP contribution >= 0.6 is 0 Å². The van der Waals surface area contributed by atoms with Crippen molar-refractivity contribution >= 4 is 17.5 Å². The third-order valence-corrected chi connectivity index (χ3v) is 8.98. The monoisotopic (exact) mass is 418 g/mol. The number of halogens is 1. The molecule has 164 valence electrons. The SMILES string of the molecule is CC(=O)O[C@]1(C(C)=O)CC[C@H]2C3C[C@H](C)C4=CC(=O)C=CC4(C)[C@@]3(F)[C@@H](O)CC21C. The predicted molar refractivity (Wildman–Crippen MR) is 108 cm³/mol. The molecule has 4 aliphatic carbocycles. The van der Waals surface area contributed by atoms with E-state index in [4.69, 9.17) is 4.74 Å². The summed E-state index contributed by atoms with van der Waals surface area (Å²) in [5.41, 5.74) is -4.52. The molecule has 0 aliphatic heterocycles. The van der Waals surface area contributed by atoms with E-state index in [0.717, 1.165) is 5.57 Å². The third-order valence-electron chi connectivity index (χ3n) is 8.98. The molecule has 5 nitrogen and oxygen atoms in total. The van der Waals surface area contributed by atoms with Gasteiger partial charge in [0.15, 0.2) is 22.8 Å². The van der Waals surface area contributed by atoms with E-state index in [9.17, 15) is 19.5 Å². The second-order valence-electron chi connectivity index (χ2n) is 10.3. The van der Waals surface area contributed by atoms with Crippen molar-refractivity contribution in [3.05, 3.63) is 23.8 Å². The van der Waals surface area contributed by atoms with Gasteiger partial charge in [-0.2, -0.15) is 0 Å². The van der Waals surface area contributed by atoms with Crippen LogP contribution < -0.4 is 0 Å². The minimum absolute atomic E-state index is 0.0244. The molecular formula is C24H31FO5. The summed E-state index contributed by atoms with van der Waals surface area (Å²) in [5, 5.41) is 11.3. The second kappa shape index (κ2) is 6.35. The van der Waals surface area contributed by atoms with E-state index in [1.807, 2.05) is 13.8 Å². The van der Waals surface area contributed by atoms with Crippen LogP contribution in [0.25, 0.3) is 0 Å². The topological polar surface area (TPSA) is 80.7 Å². The molecule has 0 heterocycles. The van der Waals surface area contributed by atoms with Crippen LogP contribution in [0.15, 0.2) is 23.8 Å². The second-order valence-corrected chi connectivity index (χ2v) is 10.3. The molecule has 6 heteroatoms. The molecule has 8 atom stereocenters. The lowest BCUT2D eigenvalue weighted by Gasteiger charge is -2.63. The number of carbonyl (C=O) groups is 3. The van der Waals surface area contributed by atoms with Crippen LogP contribution in [0.3, 0.4) is 0 Å². The van der Waals surface area contributed by atoms with Gasteiger partial charge >= 0.3 is 5.97 Å². The Bertz CT molecular complexity index is 892. The fourth-order valence-corrected chi connectivity index (χ4v) is 7.65. The van der Waals surface area contributed by atoms with E-state index in [0.29, 0.717) is 19.3 Å². The minimum atomic E-state index is -1.96. The van der Waals surface area contributed by atoms with Crippen molar-refractivity contribution in [3.8, 4) is 0 Å². The van der Waals surface area contributed by atoms with Gasteiger partial charge in [0.25, 0.3) is 0 Å². The fourth-order valence-electron chi connectivity index (χ4n) is 7.65. The maximum Gasteiger partial charge on any atom is 0.303 e. The van der Waals surface area contributed by atoms with E-state index in [1.165, 1.54) is 26.0 Å². The van der Waals surface area contributed by atoms with E-state index in [-0.39, 0.29) is 29.8 Å². The maximum absolute atomic E-state index is 17.1. The highest BCUT2D eigenvalue weighted by Gasteiger charge is 2.75. The smallest absolute Gasteiger partial charge is 0.303 e. The van der Waals surface area contributed by atoms with E-state index >= 15 is 4.39 Å². The first-order chi connectivity index (χ1) is 13.8. The summed E-state index contributed by atoms with van der Waals surface area (Å²) < 4.78 is 22.8. The average molecular weight is 419 g/mol. The van der Waals surface area contributed by atoms with Gasteiger partial charge in [0.05, 0.1) is 6.10 Å². The molecule has 3 saturated carbocycles. The Labute approximate surface area is 176 Å². The number of alkyl halides is 1. The van der Waals surface area contributed by atoms with Crippen LogP contribution in [0.5, 0.6) is 0 Å². The first-order valence-electron chi connectivity index (χ1n) is 10.9. The summed E-state index contributed by atoms with van der Waals surface area (Å²) in [6.45, 7) is 8.34. The first kappa shape index (κ1) is 21.4. The van der Waals surface area contributed by atoms with Crippen molar-refractivity contribution in [1.82, 2.24) is 0 Å². The number of hydrogen-bond acceptors (Lipinski definition) is 5. The highest BCUT2D eigenvalue weighted by molar-refractivity contribution is 6.01. The predicted octanol–water partition coefficient (Wildman–Crippen LogP) is 3.49. The van der Waals surface area contributed by atoms with Gasteiger partial charge in [0.2, 0.25) is 0 Å². The van der Waals surface area contributed by atoms with Crippen LogP contribution in [0.4, 0.5) is 4.39 Å². The maximum atomic E-state index is 17.1. The summed E-state index contributed by atoms with van der Waals surface area (Å²) in [4.78, 5) is 36.7. The molecule has 4 aliphatic rings. The number of carbonyl (C=O) groups excluding carboxylic acids is 3. The van der Waals surface area contributed by atoms with E-state index in [2.05, 4.69) is 0 Å². The highest BCUT2D eigenvalue weighted by Crippen LogP contribution is 2.71. The Morgan fingerprint density at radius 2 is 1.90 bits per heavy atom. The van der Waals surface area contributed by atoms with Gasteiger partial charge in [-0.1, -0.05) is 25.5 Å². The number of hydrogen-bond donors (Lipinski definition) is 1. The Balaban J connectivity index is 1.86. The van der Waals surface area contributed by atoms with Crippen LogP contribution in [0, 0.1) is 28.6 Å². The summed E-state index contributed by atoms with van der Waals surface area (Å²) in [6.07, 6.45) is 4.58. The number of ether oxygens (including phenoxy) is 1. The molecule has 0 spiro atoms. The lowest BCUT2D eigenvalue weighted by atomic mass is 9.43. The minimum Gasteiger partial charge on any atom is -0.451 e. The largest absolute Gasteiger partial charge is 0.451 e. The van der Waals surface area contributed by atoms with Crippen LogP contribution in [-0.4, -0.2) is 40.0 Å². The molecule has 0 aromatic rings. The summed E-state index contributed by atoms with van der Waals surface area (Å²) in [6, 6.07) is 0. The van der Waals surface area contributed by atoms with Crippen molar-refractivity contribution in [1.29, 1.82) is 0 Å². The highest BCUT2D eigenvalue weighted by atomic mass is 19.1. The van der Waals surface area contributed by atoms with Gasteiger partial charge < -0.3 is 9.84 Å². The van der Waals surface area contributed by atoms with E-state index in [1.54, 1.807) is 13.0 Å². The molecule has 0 bridgehead atoms. The number of aliphatic hydroxyl groups excluding tert-OH is 1. The standard InChI is InChI=1S/C24H31FO5/c1-13-10-19-17-7-9-23(14(2)26,30-15(3)27)22(17,5)12-20(29)24(19,25)21(4)8-6-16(28)11-18(13)21/h6,8,11,13,17,19-20,29H,7,9-10,12H2,1-5H3/t13-,17-,19?,20-,21?,22?,23-,24-/m0/s1. The molecule has 3 unspecified atom stereocenters. The number of Topliss-reactive ketones (excluding diaryl/α,β-unsaturated/α-hetero) is 1. The molecule has 0 aromatic heterocycles. The van der Waals surface area contributed by atoms with Crippen LogP contribution in [-0.2, 0) is 19.1 Å². The number of allylic oxidation sites excluding steroid dienone is 4. The number of fused-ring (bicyclic) bond motifs is 5. The molecule has 1 N–H and O–H groups in total. The number of rotatable bonds is 2. The molecule has 0 saturated heterocycles. The molecule has 0 amide bonds. The summed E-state index contributed by atoms with van der Waals surface area (Å²) in [7, 11) is 0. The van der Waals surface area contributed by atoms with Crippen molar-refractivity contribution < 1.29 is 28.6 Å². The van der Waals surface area contributed by atoms with E-state index < -0.39 is 40.1 Å². The Morgan fingerprint density at radius 3 is 2.50 bits per heavy atom. The average Bonchev–Trinajstić information content (AvgIpc) is 2.92. The fraction of sp³-hybridized carbons (Fsp3) is 0.708. The van der Waals surface area contributed by atoms with Gasteiger partial charge in [-0.25, -0.2) is 4.39 Å². The lowest BCUT2D eigenvalue weighted by Crippen LogP contribution is -2.70. The van der Waals surface area contributed by atoms with Gasteiger partial charge in [-0.05, 0) is 63.5 Å². The number of aliphatic hydroxyl groups is 1. The molecule has 0 aromatic carbocycles. The Morgan fingerprint density at radius 1 is 1.23 bits per heavy atom. The van der Waals surface area contributed by atoms with Gasteiger partial charge in [-0.3, -0.25) is 14.4 Å². The molecule has 30 heavy (non-hydrogen) atoms. The third kappa shape index (κ3) is 2.34. The van der Waals surface area contributed by atoms with Gasteiger partial charge in [-0.15, -0.1) is 0 Å². The quantitative estimate of drug-likeness (QED) is 0.695. The number of ketones is 2. The van der Waals surface area contributed by atoms with Crippen molar-refractivity contribution in [2.45, 2.75) is 77.7 Å². The van der Waals surface area contributed by atoms with Crippen LogP contribution in [0.2, 0.25) is 0 Å². The van der Waals surface area contributed by atoms with Crippen molar-refractivity contribution in [3.63, 3.8) is 0 Å². The zero-order valence-electron chi connectivity index (χ0n) is 18.3. The summed E-state index contributed by atoms with van der Waals surface area (Å²) in [5.74, 6) is -1.72. The van der Waals surface area contributed by atoms with Crippen LogP contribution in [0.1, 0.15) is 60.3 Å². The molecular weight excluding hydrogens is 387 g/mol. The van der Waals surface area contributed by atoms with Gasteiger partial charge in [0.1, 0.15) is 0 Å². The van der Waals surface area contributed by atoms with Crippen molar-refractivity contribution in [2.24, 2.45) is 28.6 Å². The molecule has 4 rings (SSSR count). The molecule has 3 fully saturated rings. The zero-order chi connectivity index (χ0) is 22.3. The van der Waals surface area contributed by atoms with Crippen molar-refractivity contribution in [2.75, 3.05) is 0 Å². The first-order valence-corrected chi connectivity index (χ1v) is 10.9. The molecule has 0 radical (unpaired) electrons. The zero-order valence-corrected chi connectivity index (χ0v) is 18.3. The normalized spacial score (nSPS) is 49.6. The Hall–Kier alpha value is -1.82.